The molecule has 2 N–H and O–H groups in total. The van der Waals surface area contributed by atoms with Crippen LogP contribution < -0.4 is 0 Å². The Kier molecular flexibility index (Phi) is 9.99. The number of benzene rings is 2. The van der Waals surface area contributed by atoms with Crippen molar-refractivity contribution in [1.82, 2.24) is 0 Å². The van der Waals surface area contributed by atoms with Crippen LogP contribution in [0.2, 0.25) is 0 Å². The molecule has 0 heterocycles. The van der Waals surface area contributed by atoms with E-state index in [-0.39, 0.29) is 35.3 Å². The summed E-state index contributed by atoms with van der Waals surface area (Å²) in [5, 5.41) is 18.0. The Morgan fingerprint density at radius 2 is 1.33 bits per heavy atom. The van der Waals surface area contributed by atoms with Crippen LogP contribution in [-0.4, -0.2) is 39.8 Å². The van der Waals surface area contributed by atoms with Gasteiger partial charge in [0.25, 0.3) is 0 Å². The molecule has 2 nitrogen and oxygen atoms in total. The van der Waals surface area contributed by atoms with Crippen molar-refractivity contribution in [1.29, 1.82) is 0 Å². The van der Waals surface area contributed by atoms with Crippen LogP contribution in [-0.2, 0) is 0 Å². The van der Waals surface area contributed by atoms with Gasteiger partial charge in [-0.25, -0.2) is 0 Å². The van der Waals surface area contributed by atoms with Gasteiger partial charge in [-0.2, -0.15) is 0 Å². The van der Waals surface area contributed by atoms with E-state index in [1.165, 1.54) is 0 Å². The molecule has 0 aromatic heterocycles. The van der Waals surface area contributed by atoms with E-state index in [9.17, 15) is 0 Å². The van der Waals surface area contributed by atoms with Crippen LogP contribution in [0.25, 0.3) is 0 Å². The zero-order valence-electron chi connectivity index (χ0n) is 9.57. The van der Waals surface area contributed by atoms with E-state index >= 15 is 0 Å². The molecule has 2 aromatic carbocycles. The van der Waals surface area contributed by atoms with Crippen LogP contribution in [0.4, 0.5) is 0 Å². The summed E-state index contributed by atoms with van der Waals surface area (Å²) in [7, 11) is 0. The van der Waals surface area contributed by atoms with Gasteiger partial charge < -0.3 is 10.2 Å². The molecular weight excluding hydrogens is 486 g/mol. The van der Waals surface area contributed by atoms with Crippen molar-refractivity contribution >= 4 is 84.0 Å². The van der Waals surface area contributed by atoms with Gasteiger partial charge in [-0.1, -0.05) is 18.2 Å². The maximum absolute atomic E-state index is 9.11. The third-order valence-corrected chi connectivity index (χ3v) is 3.98. The summed E-state index contributed by atoms with van der Waals surface area (Å²) in [5.74, 6) is 0.602. The van der Waals surface area contributed by atoms with Gasteiger partial charge in [-0.3, -0.25) is 0 Å². The molecule has 6 heteroatoms. The summed E-state index contributed by atoms with van der Waals surface area (Å²) < 4.78 is 2.30. The third-order valence-electron chi connectivity index (χ3n) is 1.79. The van der Waals surface area contributed by atoms with Gasteiger partial charge in [0.15, 0.2) is 0 Å². The smallest absolute Gasteiger partial charge is 0.143 e. The van der Waals surface area contributed by atoms with E-state index in [1.807, 2.05) is 18.2 Å². The quantitative estimate of drug-likeness (QED) is 0.417. The molecule has 0 spiro atoms. The van der Waals surface area contributed by atoms with Gasteiger partial charge in [0.2, 0.25) is 0 Å². The van der Waals surface area contributed by atoms with Crippen molar-refractivity contribution < 1.29 is 10.2 Å². The second-order valence-electron chi connectivity index (χ2n) is 3.02. The number of phenolic OH excluding ortho intramolecular Hbond substituents is 2. The molecule has 0 amide bonds. The summed E-state index contributed by atoms with van der Waals surface area (Å²) in [5.41, 5.74) is 0. The molecule has 0 atom stereocenters. The Hall–Kier alpha value is 0.730. The molecule has 2 rings (SSSR count). The number of hydrogen-bond acceptors (Lipinski definition) is 2. The minimum Gasteiger partial charge on any atom is -0.507 e. The number of para-hydroxylation sites is 2. The summed E-state index contributed by atoms with van der Waals surface area (Å²) in [6.45, 7) is 0. The Labute approximate surface area is 158 Å². The monoisotopic (exact) mass is 493 g/mol. The molecule has 0 saturated heterocycles. The molecule has 0 unspecified atom stereocenters. The Morgan fingerprint density at radius 3 is 1.67 bits per heavy atom. The van der Waals surface area contributed by atoms with E-state index in [0.29, 0.717) is 14.7 Å². The summed E-state index contributed by atoms with van der Waals surface area (Å²) in [6, 6.07) is 12.6. The third kappa shape index (κ3) is 6.25. The predicted molar refractivity (Wildman–Crippen MR) is 90.1 cm³/mol. The topological polar surface area (TPSA) is 40.5 Å². The van der Waals surface area contributed by atoms with Crippen LogP contribution in [0, 0.1) is 3.57 Å². The second-order valence-corrected chi connectivity index (χ2v) is 5.89. The molecule has 2 aromatic rings. The maximum Gasteiger partial charge on any atom is 0.143 e. The van der Waals surface area contributed by atoms with Crippen molar-refractivity contribution in [2.75, 3.05) is 0 Å². The summed E-state index contributed by atoms with van der Waals surface area (Å²) in [4.78, 5) is 0. The van der Waals surface area contributed by atoms with Crippen molar-refractivity contribution in [2.24, 2.45) is 0 Å². The molecule has 1 radical (unpaired) electrons. The van der Waals surface area contributed by atoms with Crippen molar-refractivity contribution in [3.63, 3.8) is 0 Å². The average molecular weight is 495 g/mol. The number of halogens is 3. The van der Waals surface area contributed by atoms with Crippen LogP contribution in [0.15, 0.2) is 51.4 Å². The van der Waals surface area contributed by atoms with E-state index in [4.69, 9.17) is 10.2 Å². The first-order valence-electron chi connectivity index (χ1n) is 4.59. The fourth-order valence-corrected chi connectivity index (χ4v) is 2.33. The number of aromatic hydroxyl groups is 2. The normalized spacial score (nSPS) is 8.83. The van der Waals surface area contributed by atoms with Crippen LogP contribution in [0.3, 0.4) is 0 Å². The number of phenols is 2. The molecule has 0 aliphatic rings. The fraction of sp³-hybridized carbons (Fsp3) is 0. The number of hydrogen-bond donors (Lipinski definition) is 2. The Morgan fingerprint density at radius 1 is 0.833 bits per heavy atom. The molecule has 0 bridgehead atoms. The van der Waals surface area contributed by atoms with Crippen molar-refractivity contribution in [3.8, 4) is 11.5 Å². The van der Waals surface area contributed by atoms with E-state index in [0.717, 1.165) is 3.57 Å². The van der Waals surface area contributed by atoms with Crippen LogP contribution in [0.1, 0.15) is 0 Å². The zero-order chi connectivity index (χ0) is 12.8. The molecule has 0 fully saturated rings. The van der Waals surface area contributed by atoms with Gasteiger partial charge >= 0.3 is 0 Å². The summed E-state index contributed by atoms with van der Waals surface area (Å²) >= 11 is 8.41. The molecule has 18 heavy (non-hydrogen) atoms. The largest absolute Gasteiger partial charge is 0.507 e. The van der Waals surface area contributed by atoms with Crippen LogP contribution in [0.5, 0.6) is 11.5 Å². The fourth-order valence-electron chi connectivity index (χ4n) is 0.941. The molecule has 0 aliphatic carbocycles. The first kappa shape index (κ1) is 18.7. The van der Waals surface area contributed by atoms with Gasteiger partial charge in [0.1, 0.15) is 11.5 Å². The standard InChI is InChI=1S/C6H4Br2O.C6H5IO.Na/c7-4-2-1-3-5(8)6(4)9;7-5-3-1-2-4-6(5)8;/h1-3,9H;1-4,8H;. The first-order valence-corrected chi connectivity index (χ1v) is 7.25. The minimum atomic E-state index is 0. The van der Waals surface area contributed by atoms with E-state index < -0.39 is 0 Å². The maximum atomic E-state index is 9.11. The second kappa shape index (κ2) is 9.61. The average Bonchev–Trinajstić information content (AvgIpc) is 2.31. The van der Waals surface area contributed by atoms with Crippen LogP contribution >= 0.6 is 54.5 Å². The zero-order valence-corrected chi connectivity index (χ0v) is 16.9. The molecule has 0 saturated carbocycles. The molecule has 91 valence electrons. The Bertz CT molecular complexity index is 468. The molecule has 0 aliphatic heterocycles. The number of rotatable bonds is 0. The van der Waals surface area contributed by atoms with Crippen molar-refractivity contribution in [3.05, 3.63) is 55.0 Å². The first-order chi connectivity index (χ1) is 8.02. The molecular formula is C12H9Br2INaO2. The Balaban J connectivity index is 0.000000306. The van der Waals surface area contributed by atoms with Gasteiger partial charge in [-0.05, 0) is 78.7 Å². The minimum absolute atomic E-state index is 0. The van der Waals surface area contributed by atoms with E-state index in [1.54, 1.807) is 24.3 Å². The SMILES string of the molecule is Oc1c(Br)cccc1Br.Oc1ccccc1I.[Na]. The summed E-state index contributed by atoms with van der Waals surface area (Å²) in [6.07, 6.45) is 0. The van der Waals surface area contributed by atoms with Crippen molar-refractivity contribution in [2.45, 2.75) is 0 Å². The predicted octanol–water partition coefficient (Wildman–Crippen LogP) is 4.53. The van der Waals surface area contributed by atoms with Gasteiger partial charge in [0, 0.05) is 29.6 Å². The van der Waals surface area contributed by atoms with Gasteiger partial charge in [-0.15, -0.1) is 0 Å². The van der Waals surface area contributed by atoms with Gasteiger partial charge in [0.05, 0.1) is 12.5 Å². The van der Waals surface area contributed by atoms with E-state index in [2.05, 4.69) is 54.5 Å².